The molecule has 0 spiro atoms. The maximum absolute atomic E-state index is 12.8. The van der Waals surface area contributed by atoms with Crippen LogP contribution < -0.4 is 0 Å². The number of hydrogen-bond donors (Lipinski definition) is 1. The molecule has 0 saturated carbocycles. The minimum absolute atomic E-state index is 0.00750. The number of rotatable bonds is 3. The number of likely N-dealkylation sites (tertiary alicyclic amines) is 1. The zero-order valence-corrected chi connectivity index (χ0v) is 11.8. The number of carboxylic acid groups (broad SMARTS) is 1. The minimum atomic E-state index is -4.46. The summed E-state index contributed by atoms with van der Waals surface area (Å²) in [6.07, 6.45) is -4.67. The Kier molecular flexibility index (Phi) is 4.71. The van der Waals surface area contributed by atoms with Gasteiger partial charge in [0.2, 0.25) is 5.91 Å². The van der Waals surface area contributed by atoms with Crippen molar-refractivity contribution in [3.8, 4) is 0 Å². The van der Waals surface area contributed by atoms with Gasteiger partial charge in [-0.1, -0.05) is 20.8 Å². The molecule has 1 aliphatic heterocycles. The predicted octanol–water partition coefficient (Wildman–Crippen LogP) is 2.53. The summed E-state index contributed by atoms with van der Waals surface area (Å²) in [5, 5.41) is 9.00. The van der Waals surface area contributed by atoms with Crippen LogP contribution in [0.3, 0.4) is 0 Å². The highest BCUT2D eigenvalue weighted by Gasteiger charge is 2.49. The predicted molar refractivity (Wildman–Crippen MR) is 65.9 cm³/mol. The number of piperidine rings is 1. The Morgan fingerprint density at radius 3 is 2.25 bits per heavy atom. The van der Waals surface area contributed by atoms with Crippen LogP contribution in [0.4, 0.5) is 13.2 Å². The lowest BCUT2D eigenvalue weighted by Gasteiger charge is -2.37. The number of amides is 1. The SMILES string of the molecule is CC1CC(C(=O)O)CN(C(=O)CC(C)(C)C(F)(F)F)C1. The largest absolute Gasteiger partial charge is 0.481 e. The molecule has 2 atom stereocenters. The third kappa shape index (κ3) is 3.86. The molecule has 1 amide bonds. The van der Waals surface area contributed by atoms with Crippen molar-refractivity contribution in [2.24, 2.45) is 17.3 Å². The number of aliphatic carboxylic acids is 1. The Bertz CT molecular complexity index is 393. The average Bonchev–Trinajstić information content (AvgIpc) is 2.25. The van der Waals surface area contributed by atoms with Gasteiger partial charge in [0, 0.05) is 19.5 Å². The molecular formula is C13H20F3NO3. The van der Waals surface area contributed by atoms with Crippen LogP contribution in [0.25, 0.3) is 0 Å². The van der Waals surface area contributed by atoms with Gasteiger partial charge in [-0.3, -0.25) is 9.59 Å². The first-order valence-corrected chi connectivity index (χ1v) is 6.51. The van der Waals surface area contributed by atoms with Gasteiger partial charge in [-0.05, 0) is 12.3 Å². The first-order chi connectivity index (χ1) is 8.94. The summed E-state index contributed by atoms with van der Waals surface area (Å²) in [4.78, 5) is 24.3. The fraction of sp³-hybridized carbons (Fsp3) is 0.846. The van der Waals surface area contributed by atoms with E-state index < -0.39 is 35.8 Å². The molecule has 0 radical (unpaired) electrons. The van der Waals surface area contributed by atoms with Crippen molar-refractivity contribution in [1.82, 2.24) is 4.90 Å². The highest BCUT2D eigenvalue weighted by atomic mass is 19.4. The molecule has 2 unspecified atom stereocenters. The maximum Gasteiger partial charge on any atom is 0.394 e. The number of nitrogens with zero attached hydrogens (tertiary/aromatic N) is 1. The van der Waals surface area contributed by atoms with E-state index >= 15 is 0 Å². The van der Waals surface area contributed by atoms with Crippen LogP contribution in [0, 0.1) is 17.3 Å². The molecule has 1 aliphatic rings. The molecule has 0 aromatic carbocycles. The number of carbonyl (C=O) groups excluding carboxylic acids is 1. The standard InChI is InChI=1S/C13H20F3NO3/c1-8-4-9(11(19)20)7-17(6-8)10(18)5-12(2,3)13(14,15)16/h8-9H,4-7H2,1-3H3,(H,19,20). The van der Waals surface area contributed by atoms with E-state index in [1.54, 1.807) is 6.92 Å². The van der Waals surface area contributed by atoms with Crippen molar-refractivity contribution >= 4 is 11.9 Å². The summed E-state index contributed by atoms with van der Waals surface area (Å²) in [5.41, 5.74) is -2.11. The lowest BCUT2D eigenvalue weighted by atomic mass is 9.86. The molecule has 4 nitrogen and oxygen atoms in total. The second kappa shape index (κ2) is 5.61. The van der Waals surface area contributed by atoms with Crippen molar-refractivity contribution in [1.29, 1.82) is 0 Å². The molecule has 0 aromatic heterocycles. The van der Waals surface area contributed by atoms with Crippen molar-refractivity contribution in [2.75, 3.05) is 13.1 Å². The van der Waals surface area contributed by atoms with Gasteiger partial charge >= 0.3 is 12.1 Å². The number of carbonyl (C=O) groups is 2. The highest BCUT2D eigenvalue weighted by Crippen LogP contribution is 2.41. The van der Waals surface area contributed by atoms with Gasteiger partial charge in [0.05, 0.1) is 11.3 Å². The molecule has 0 bridgehead atoms. The van der Waals surface area contributed by atoms with Crippen molar-refractivity contribution in [3.63, 3.8) is 0 Å². The molecule has 0 aromatic rings. The zero-order chi connectivity index (χ0) is 15.7. The van der Waals surface area contributed by atoms with Crippen molar-refractivity contribution in [2.45, 2.75) is 39.8 Å². The molecule has 20 heavy (non-hydrogen) atoms. The number of hydrogen-bond acceptors (Lipinski definition) is 2. The van der Waals surface area contributed by atoms with Crippen LogP contribution in [-0.2, 0) is 9.59 Å². The van der Waals surface area contributed by atoms with Crippen LogP contribution >= 0.6 is 0 Å². The molecular weight excluding hydrogens is 275 g/mol. The maximum atomic E-state index is 12.8. The first kappa shape index (κ1) is 16.8. The van der Waals surface area contributed by atoms with Crippen LogP contribution in [0.15, 0.2) is 0 Å². The summed E-state index contributed by atoms with van der Waals surface area (Å²) in [7, 11) is 0. The molecule has 1 heterocycles. The fourth-order valence-corrected chi connectivity index (χ4v) is 2.32. The summed E-state index contributed by atoms with van der Waals surface area (Å²) in [6, 6.07) is 0. The highest BCUT2D eigenvalue weighted by molar-refractivity contribution is 5.78. The molecule has 1 rings (SSSR count). The van der Waals surface area contributed by atoms with Gasteiger partial charge in [-0.2, -0.15) is 13.2 Å². The summed E-state index contributed by atoms with van der Waals surface area (Å²) < 4.78 is 38.3. The topological polar surface area (TPSA) is 57.6 Å². The van der Waals surface area contributed by atoms with E-state index in [0.717, 1.165) is 13.8 Å². The summed E-state index contributed by atoms with van der Waals surface area (Å²) in [5.74, 6) is -2.37. The van der Waals surface area contributed by atoms with Gasteiger partial charge in [-0.15, -0.1) is 0 Å². The van der Waals surface area contributed by atoms with E-state index in [1.165, 1.54) is 4.90 Å². The minimum Gasteiger partial charge on any atom is -0.481 e. The van der Waals surface area contributed by atoms with Crippen LogP contribution in [0.2, 0.25) is 0 Å². The summed E-state index contributed by atoms with van der Waals surface area (Å²) in [6.45, 7) is 4.06. The second-order valence-corrected chi connectivity index (χ2v) is 6.23. The number of halogens is 3. The zero-order valence-electron chi connectivity index (χ0n) is 11.8. The Morgan fingerprint density at radius 1 is 1.25 bits per heavy atom. The van der Waals surface area contributed by atoms with Crippen LogP contribution in [-0.4, -0.2) is 41.1 Å². The van der Waals surface area contributed by atoms with Gasteiger partial charge < -0.3 is 10.0 Å². The molecule has 116 valence electrons. The number of alkyl halides is 3. The van der Waals surface area contributed by atoms with E-state index in [9.17, 15) is 22.8 Å². The smallest absolute Gasteiger partial charge is 0.394 e. The molecule has 1 saturated heterocycles. The molecule has 1 fully saturated rings. The third-order valence-electron chi connectivity index (χ3n) is 3.72. The van der Waals surface area contributed by atoms with Gasteiger partial charge in [0.25, 0.3) is 0 Å². The van der Waals surface area contributed by atoms with E-state index in [4.69, 9.17) is 5.11 Å². The lowest BCUT2D eigenvalue weighted by Crippen LogP contribution is -2.48. The number of carboxylic acids is 1. The third-order valence-corrected chi connectivity index (χ3v) is 3.72. The Hall–Kier alpha value is -1.27. The quantitative estimate of drug-likeness (QED) is 0.870. The first-order valence-electron chi connectivity index (χ1n) is 6.51. The van der Waals surface area contributed by atoms with E-state index in [-0.39, 0.29) is 12.5 Å². The van der Waals surface area contributed by atoms with Crippen molar-refractivity contribution < 1.29 is 27.9 Å². The van der Waals surface area contributed by atoms with Crippen LogP contribution in [0.1, 0.15) is 33.6 Å². The van der Waals surface area contributed by atoms with Crippen molar-refractivity contribution in [3.05, 3.63) is 0 Å². The average molecular weight is 295 g/mol. The second-order valence-electron chi connectivity index (χ2n) is 6.23. The lowest BCUT2D eigenvalue weighted by molar-refractivity contribution is -0.215. The summed E-state index contributed by atoms with van der Waals surface area (Å²) >= 11 is 0. The van der Waals surface area contributed by atoms with Gasteiger partial charge in [0.15, 0.2) is 0 Å². The monoisotopic (exact) mass is 295 g/mol. The van der Waals surface area contributed by atoms with E-state index in [0.29, 0.717) is 13.0 Å². The molecule has 1 N–H and O–H groups in total. The molecule has 0 aliphatic carbocycles. The Labute approximate surface area is 115 Å². The molecule has 7 heteroatoms. The van der Waals surface area contributed by atoms with Gasteiger partial charge in [-0.25, -0.2) is 0 Å². The Balaban J connectivity index is 2.74. The fourth-order valence-electron chi connectivity index (χ4n) is 2.32. The normalized spacial score (nSPS) is 24.6. The Morgan fingerprint density at radius 2 is 1.80 bits per heavy atom. The van der Waals surface area contributed by atoms with E-state index in [1.807, 2.05) is 0 Å². The van der Waals surface area contributed by atoms with Gasteiger partial charge in [0.1, 0.15) is 0 Å². The van der Waals surface area contributed by atoms with E-state index in [2.05, 4.69) is 0 Å². The van der Waals surface area contributed by atoms with Crippen LogP contribution in [0.5, 0.6) is 0 Å².